The van der Waals surface area contributed by atoms with Gasteiger partial charge in [0.25, 0.3) is 5.91 Å². The molecule has 0 heterocycles. The van der Waals surface area contributed by atoms with Gasteiger partial charge in [-0.25, -0.2) is 5.84 Å². The molecule has 0 unspecified atom stereocenters. The monoisotopic (exact) mass is 248 g/mol. The number of rotatable bonds is 8. The minimum atomic E-state index is -0.235. The maximum atomic E-state index is 11.2. The number of aryl methyl sites for hydroxylation is 1. The van der Waals surface area contributed by atoms with Gasteiger partial charge in [0.05, 0.1) is 0 Å². The molecule has 1 aromatic carbocycles. The van der Waals surface area contributed by atoms with Gasteiger partial charge in [-0.15, -0.1) is 0 Å². The number of hydrazine groups is 1. The molecule has 18 heavy (non-hydrogen) atoms. The standard InChI is InChI=1S/C15H24N2O/c1-2-3-4-5-6-7-8-13-9-11-14(12-10-13)15(18)17-16/h9-12H,2-8,16H2,1H3,(H,17,18). The van der Waals surface area contributed by atoms with E-state index >= 15 is 0 Å². The normalized spacial score (nSPS) is 10.3. The smallest absolute Gasteiger partial charge is 0.265 e. The van der Waals surface area contributed by atoms with Crippen LogP contribution >= 0.6 is 0 Å². The summed E-state index contributed by atoms with van der Waals surface area (Å²) < 4.78 is 0. The molecule has 3 heteroatoms. The van der Waals surface area contributed by atoms with Gasteiger partial charge in [-0.3, -0.25) is 10.2 Å². The van der Waals surface area contributed by atoms with Crippen molar-refractivity contribution in [2.75, 3.05) is 0 Å². The van der Waals surface area contributed by atoms with E-state index in [0.29, 0.717) is 5.56 Å². The average molecular weight is 248 g/mol. The number of nitrogens with two attached hydrogens (primary N) is 1. The highest BCUT2D eigenvalue weighted by atomic mass is 16.2. The van der Waals surface area contributed by atoms with Gasteiger partial charge in [0, 0.05) is 5.56 Å². The first-order chi connectivity index (χ1) is 8.77. The predicted molar refractivity (Wildman–Crippen MR) is 75.2 cm³/mol. The number of hydrogen-bond acceptors (Lipinski definition) is 2. The third kappa shape index (κ3) is 5.32. The van der Waals surface area contributed by atoms with Crippen LogP contribution in [0.1, 0.15) is 61.4 Å². The van der Waals surface area contributed by atoms with Crippen LogP contribution in [-0.2, 0) is 6.42 Å². The summed E-state index contributed by atoms with van der Waals surface area (Å²) in [7, 11) is 0. The largest absolute Gasteiger partial charge is 0.290 e. The van der Waals surface area contributed by atoms with E-state index in [1.165, 1.54) is 44.1 Å². The Morgan fingerprint density at radius 1 is 1.06 bits per heavy atom. The quantitative estimate of drug-likeness (QED) is 0.321. The Morgan fingerprint density at radius 2 is 1.67 bits per heavy atom. The first-order valence-electron chi connectivity index (χ1n) is 6.87. The summed E-state index contributed by atoms with van der Waals surface area (Å²) in [6.45, 7) is 2.24. The van der Waals surface area contributed by atoms with Crippen LogP contribution in [-0.4, -0.2) is 5.91 Å². The number of amides is 1. The minimum absolute atomic E-state index is 0.235. The summed E-state index contributed by atoms with van der Waals surface area (Å²) in [5, 5.41) is 0. The topological polar surface area (TPSA) is 55.1 Å². The van der Waals surface area contributed by atoms with Gasteiger partial charge in [-0.2, -0.15) is 0 Å². The number of hydrogen-bond donors (Lipinski definition) is 2. The van der Waals surface area contributed by atoms with Crippen molar-refractivity contribution >= 4 is 5.91 Å². The molecule has 0 aliphatic heterocycles. The van der Waals surface area contributed by atoms with Crippen LogP contribution in [0.4, 0.5) is 0 Å². The van der Waals surface area contributed by atoms with E-state index in [2.05, 4.69) is 12.3 Å². The molecule has 1 rings (SSSR count). The first-order valence-corrected chi connectivity index (χ1v) is 6.87. The summed E-state index contributed by atoms with van der Waals surface area (Å²) >= 11 is 0. The number of carbonyl (C=O) groups excluding carboxylic acids is 1. The molecule has 0 atom stereocenters. The summed E-state index contributed by atoms with van der Waals surface area (Å²) in [6.07, 6.45) is 8.95. The van der Waals surface area contributed by atoms with Crippen LogP contribution in [0.5, 0.6) is 0 Å². The SMILES string of the molecule is CCCCCCCCc1ccc(C(=O)NN)cc1. The van der Waals surface area contributed by atoms with E-state index in [9.17, 15) is 4.79 Å². The van der Waals surface area contributed by atoms with Crippen LogP contribution in [0.2, 0.25) is 0 Å². The van der Waals surface area contributed by atoms with Gasteiger partial charge in [0.1, 0.15) is 0 Å². The maximum absolute atomic E-state index is 11.2. The highest BCUT2D eigenvalue weighted by Gasteiger charge is 2.02. The molecule has 3 nitrogen and oxygen atoms in total. The van der Waals surface area contributed by atoms with Crippen molar-refractivity contribution in [1.29, 1.82) is 0 Å². The van der Waals surface area contributed by atoms with E-state index in [1.54, 1.807) is 0 Å². The number of benzene rings is 1. The van der Waals surface area contributed by atoms with E-state index in [-0.39, 0.29) is 5.91 Å². The zero-order valence-electron chi connectivity index (χ0n) is 11.2. The lowest BCUT2D eigenvalue weighted by Gasteiger charge is -2.04. The van der Waals surface area contributed by atoms with Gasteiger partial charge >= 0.3 is 0 Å². The minimum Gasteiger partial charge on any atom is -0.290 e. The molecule has 0 spiro atoms. The van der Waals surface area contributed by atoms with Crippen molar-refractivity contribution in [1.82, 2.24) is 5.43 Å². The summed E-state index contributed by atoms with van der Waals surface area (Å²) in [5.74, 6) is 4.85. The van der Waals surface area contributed by atoms with Crippen molar-refractivity contribution in [2.24, 2.45) is 5.84 Å². The van der Waals surface area contributed by atoms with Crippen molar-refractivity contribution < 1.29 is 4.79 Å². The lowest BCUT2D eigenvalue weighted by Crippen LogP contribution is -2.29. The molecule has 0 aromatic heterocycles. The second-order valence-electron chi connectivity index (χ2n) is 4.69. The highest BCUT2D eigenvalue weighted by molar-refractivity contribution is 5.93. The van der Waals surface area contributed by atoms with Gasteiger partial charge in [-0.05, 0) is 30.5 Å². The Balaban J connectivity index is 2.25. The maximum Gasteiger partial charge on any atom is 0.265 e. The Labute approximate surface area is 110 Å². The number of unbranched alkanes of at least 4 members (excludes halogenated alkanes) is 5. The Kier molecular flexibility index (Phi) is 7.11. The van der Waals surface area contributed by atoms with Gasteiger partial charge < -0.3 is 0 Å². The lowest BCUT2D eigenvalue weighted by molar-refractivity contribution is 0.0953. The van der Waals surface area contributed by atoms with Crippen LogP contribution in [0.25, 0.3) is 0 Å². The fraction of sp³-hybridized carbons (Fsp3) is 0.533. The van der Waals surface area contributed by atoms with Crippen LogP contribution in [0, 0.1) is 0 Å². The van der Waals surface area contributed by atoms with Crippen molar-refractivity contribution in [3.63, 3.8) is 0 Å². The zero-order chi connectivity index (χ0) is 13.2. The van der Waals surface area contributed by atoms with Gasteiger partial charge in [0.2, 0.25) is 0 Å². The molecule has 0 bridgehead atoms. The Morgan fingerprint density at radius 3 is 2.28 bits per heavy atom. The molecule has 0 radical (unpaired) electrons. The van der Waals surface area contributed by atoms with Gasteiger partial charge in [0.15, 0.2) is 0 Å². The van der Waals surface area contributed by atoms with Crippen molar-refractivity contribution in [2.45, 2.75) is 51.9 Å². The molecule has 0 saturated carbocycles. The fourth-order valence-electron chi connectivity index (χ4n) is 2.02. The van der Waals surface area contributed by atoms with Crippen LogP contribution < -0.4 is 11.3 Å². The molecular formula is C15H24N2O. The molecule has 1 aromatic rings. The second kappa shape index (κ2) is 8.70. The van der Waals surface area contributed by atoms with Crippen molar-refractivity contribution in [3.05, 3.63) is 35.4 Å². The summed E-state index contributed by atoms with van der Waals surface area (Å²) in [5.41, 5.74) is 4.04. The lowest BCUT2D eigenvalue weighted by atomic mass is 10.0. The number of nitrogen functional groups attached to an aromatic ring is 1. The Bertz CT molecular complexity index is 346. The molecule has 0 aliphatic rings. The third-order valence-electron chi connectivity index (χ3n) is 3.17. The molecule has 3 N–H and O–H groups in total. The average Bonchev–Trinajstić information content (AvgIpc) is 2.42. The number of nitrogens with one attached hydrogen (secondary N) is 1. The second-order valence-corrected chi connectivity index (χ2v) is 4.69. The molecule has 1 amide bonds. The Hall–Kier alpha value is -1.35. The predicted octanol–water partition coefficient (Wildman–Crippen LogP) is 3.19. The summed E-state index contributed by atoms with van der Waals surface area (Å²) in [6, 6.07) is 7.68. The highest BCUT2D eigenvalue weighted by Crippen LogP contribution is 2.11. The van der Waals surface area contributed by atoms with Crippen LogP contribution in [0.3, 0.4) is 0 Å². The molecule has 100 valence electrons. The van der Waals surface area contributed by atoms with Gasteiger partial charge in [-0.1, -0.05) is 51.2 Å². The molecular weight excluding hydrogens is 224 g/mol. The first kappa shape index (κ1) is 14.7. The molecule has 0 aliphatic carbocycles. The van der Waals surface area contributed by atoms with E-state index in [4.69, 9.17) is 5.84 Å². The molecule has 0 saturated heterocycles. The van der Waals surface area contributed by atoms with E-state index < -0.39 is 0 Å². The number of carbonyl (C=O) groups is 1. The van der Waals surface area contributed by atoms with E-state index in [1.807, 2.05) is 24.3 Å². The fourth-order valence-corrected chi connectivity index (χ4v) is 2.02. The van der Waals surface area contributed by atoms with E-state index in [0.717, 1.165) is 6.42 Å². The van der Waals surface area contributed by atoms with Crippen molar-refractivity contribution in [3.8, 4) is 0 Å². The zero-order valence-corrected chi connectivity index (χ0v) is 11.2. The van der Waals surface area contributed by atoms with Crippen LogP contribution in [0.15, 0.2) is 24.3 Å². The summed E-state index contributed by atoms with van der Waals surface area (Å²) in [4.78, 5) is 11.2. The molecule has 0 fully saturated rings. The third-order valence-corrected chi connectivity index (χ3v) is 3.17.